The van der Waals surface area contributed by atoms with Gasteiger partial charge in [0, 0.05) is 24.7 Å². The summed E-state index contributed by atoms with van der Waals surface area (Å²) in [6.07, 6.45) is 1.11. The molecule has 0 amide bonds. The first kappa shape index (κ1) is 15.9. The van der Waals surface area contributed by atoms with Crippen LogP contribution in [0, 0.1) is 11.7 Å². The standard InChI is InChI=1S/C15H25FN2O/c1-11(2)7-14(18(3)4)10-17-9-12-8-13(16)5-6-15(12)19/h5-6,8,11,14,17,19H,7,9-10H2,1-4H3. The Hall–Kier alpha value is -1.13. The zero-order valence-electron chi connectivity index (χ0n) is 12.3. The number of nitrogens with one attached hydrogen (secondary N) is 1. The molecule has 0 fully saturated rings. The Morgan fingerprint density at radius 3 is 2.58 bits per heavy atom. The van der Waals surface area contributed by atoms with E-state index in [2.05, 4.69) is 38.2 Å². The maximum absolute atomic E-state index is 13.1. The molecule has 1 aromatic rings. The van der Waals surface area contributed by atoms with Gasteiger partial charge in [-0.3, -0.25) is 0 Å². The van der Waals surface area contributed by atoms with Crippen LogP contribution in [0.15, 0.2) is 18.2 Å². The third-order valence-electron chi connectivity index (χ3n) is 3.21. The number of halogens is 1. The van der Waals surface area contributed by atoms with Gasteiger partial charge < -0.3 is 15.3 Å². The van der Waals surface area contributed by atoms with Gasteiger partial charge in [-0.15, -0.1) is 0 Å². The van der Waals surface area contributed by atoms with E-state index in [0.717, 1.165) is 13.0 Å². The number of benzene rings is 1. The summed E-state index contributed by atoms with van der Waals surface area (Å²) in [5.41, 5.74) is 0.599. The summed E-state index contributed by atoms with van der Waals surface area (Å²) in [4.78, 5) is 2.19. The van der Waals surface area contributed by atoms with Crippen LogP contribution in [0.1, 0.15) is 25.8 Å². The molecule has 2 N–H and O–H groups in total. The minimum atomic E-state index is -0.319. The van der Waals surface area contributed by atoms with Gasteiger partial charge >= 0.3 is 0 Å². The molecule has 19 heavy (non-hydrogen) atoms. The summed E-state index contributed by atoms with van der Waals surface area (Å²) in [6, 6.07) is 4.47. The van der Waals surface area contributed by atoms with Crippen molar-refractivity contribution in [3.8, 4) is 5.75 Å². The smallest absolute Gasteiger partial charge is 0.123 e. The molecule has 0 aliphatic carbocycles. The van der Waals surface area contributed by atoms with Crippen molar-refractivity contribution in [3.05, 3.63) is 29.6 Å². The van der Waals surface area contributed by atoms with Crippen LogP contribution in [0.2, 0.25) is 0 Å². The van der Waals surface area contributed by atoms with Crippen molar-refractivity contribution in [2.45, 2.75) is 32.9 Å². The van der Waals surface area contributed by atoms with Crippen LogP contribution in [-0.2, 0) is 6.54 Å². The van der Waals surface area contributed by atoms with E-state index < -0.39 is 0 Å². The Kier molecular flexibility index (Phi) is 6.25. The first-order chi connectivity index (χ1) is 8.90. The van der Waals surface area contributed by atoms with Gasteiger partial charge in [0.1, 0.15) is 11.6 Å². The molecule has 0 aromatic heterocycles. The Bertz CT molecular complexity index is 394. The van der Waals surface area contributed by atoms with Gasteiger partial charge in [-0.05, 0) is 44.6 Å². The van der Waals surface area contributed by atoms with Crippen molar-refractivity contribution in [2.75, 3.05) is 20.6 Å². The highest BCUT2D eigenvalue weighted by molar-refractivity contribution is 5.32. The lowest BCUT2D eigenvalue weighted by Crippen LogP contribution is -2.38. The van der Waals surface area contributed by atoms with E-state index in [1.54, 1.807) is 0 Å². The molecule has 0 radical (unpaired) electrons. The predicted molar refractivity (Wildman–Crippen MR) is 76.7 cm³/mol. The largest absolute Gasteiger partial charge is 0.508 e. The maximum Gasteiger partial charge on any atom is 0.123 e. The molecule has 1 unspecified atom stereocenters. The van der Waals surface area contributed by atoms with E-state index in [0.29, 0.717) is 24.1 Å². The molecule has 0 heterocycles. The van der Waals surface area contributed by atoms with E-state index in [1.807, 2.05) is 0 Å². The molecule has 0 bridgehead atoms. The molecule has 0 aliphatic heterocycles. The monoisotopic (exact) mass is 268 g/mol. The first-order valence-electron chi connectivity index (χ1n) is 6.74. The van der Waals surface area contributed by atoms with Crippen molar-refractivity contribution in [2.24, 2.45) is 5.92 Å². The number of hydrogen-bond acceptors (Lipinski definition) is 3. The average Bonchev–Trinajstić information content (AvgIpc) is 2.31. The molecule has 0 saturated carbocycles. The average molecular weight is 268 g/mol. The minimum absolute atomic E-state index is 0.138. The molecule has 1 atom stereocenters. The highest BCUT2D eigenvalue weighted by Crippen LogP contribution is 2.17. The summed E-state index contributed by atoms with van der Waals surface area (Å²) in [7, 11) is 4.13. The number of nitrogens with zero attached hydrogens (tertiary/aromatic N) is 1. The van der Waals surface area contributed by atoms with E-state index >= 15 is 0 Å². The predicted octanol–water partition coefficient (Wildman–Crippen LogP) is 2.60. The van der Waals surface area contributed by atoms with Crippen LogP contribution in [0.4, 0.5) is 4.39 Å². The van der Waals surface area contributed by atoms with Gasteiger partial charge in [-0.25, -0.2) is 4.39 Å². The summed E-state index contributed by atoms with van der Waals surface area (Å²) in [6.45, 7) is 5.71. The number of likely N-dealkylation sites (N-methyl/N-ethyl adjacent to an activating group) is 1. The lowest BCUT2D eigenvalue weighted by atomic mass is 10.0. The molecule has 4 heteroatoms. The molecule has 1 rings (SSSR count). The topological polar surface area (TPSA) is 35.5 Å². The van der Waals surface area contributed by atoms with Gasteiger partial charge in [0.05, 0.1) is 0 Å². The second-order valence-corrected chi connectivity index (χ2v) is 5.65. The van der Waals surface area contributed by atoms with Gasteiger partial charge in [0.15, 0.2) is 0 Å². The van der Waals surface area contributed by atoms with Crippen molar-refractivity contribution >= 4 is 0 Å². The molecular formula is C15H25FN2O. The number of rotatable bonds is 7. The molecule has 0 saturated heterocycles. The normalized spacial score (nSPS) is 13.2. The Balaban J connectivity index is 2.49. The van der Waals surface area contributed by atoms with Crippen LogP contribution >= 0.6 is 0 Å². The number of phenols is 1. The summed E-state index contributed by atoms with van der Waals surface area (Å²) in [5, 5.41) is 12.9. The van der Waals surface area contributed by atoms with Crippen LogP contribution in [0.25, 0.3) is 0 Å². The fourth-order valence-electron chi connectivity index (χ4n) is 2.09. The lowest BCUT2D eigenvalue weighted by Gasteiger charge is -2.26. The molecule has 3 nitrogen and oxygen atoms in total. The first-order valence-corrected chi connectivity index (χ1v) is 6.74. The van der Waals surface area contributed by atoms with Crippen molar-refractivity contribution in [1.29, 1.82) is 0 Å². The third-order valence-corrected chi connectivity index (χ3v) is 3.21. The highest BCUT2D eigenvalue weighted by atomic mass is 19.1. The van der Waals surface area contributed by atoms with Crippen molar-refractivity contribution < 1.29 is 9.50 Å². The Morgan fingerprint density at radius 2 is 2.00 bits per heavy atom. The van der Waals surface area contributed by atoms with Gasteiger partial charge in [0.25, 0.3) is 0 Å². The molecular weight excluding hydrogens is 243 g/mol. The van der Waals surface area contributed by atoms with E-state index in [1.165, 1.54) is 18.2 Å². The van der Waals surface area contributed by atoms with Crippen LogP contribution in [0.3, 0.4) is 0 Å². The van der Waals surface area contributed by atoms with Gasteiger partial charge in [-0.1, -0.05) is 13.8 Å². The number of aromatic hydroxyl groups is 1. The third kappa shape index (κ3) is 5.57. The summed E-state index contributed by atoms with van der Waals surface area (Å²) < 4.78 is 13.1. The SMILES string of the molecule is CC(C)CC(CNCc1cc(F)ccc1O)N(C)C. The second kappa shape index (κ2) is 7.46. The fraction of sp³-hybridized carbons (Fsp3) is 0.600. The van der Waals surface area contributed by atoms with Crippen molar-refractivity contribution in [3.63, 3.8) is 0 Å². The fourth-order valence-corrected chi connectivity index (χ4v) is 2.09. The van der Waals surface area contributed by atoms with Crippen LogP contribution in [0.5, 0.6) is 5.75 Å². The van der Waals surface area contributed by atoms with Crippen molar-refractivity contribution in [1.82, 2.24) is 10.2 Å². The van der Waals surface area contributed by atoms with E-state index in [4.69, 9.17) is 0 Å². The maximum atomic E-state index is 13.1. The second-order valence-electron chi connectivity index (χ2n) is 5.65. The molecule has 0 aliphatic rings. The number of hydrogen-bond donors (Lipinski definition) is 2. The zero-order valence-corrected chi connectivity index (χ0v) is 12.3. The molecule has 108 valence electrons. The summed E-state index contributed by atoms with van der Waals surface area (Å²) >= 11 is 0. The summed E-state index contributed by atoms with van der Waals surface area (Å²) in [5.74, 6) is 0.455. The van der Waals surface area contributed by atoms with E-state index in [9.17, 15) is 9.50 Å². The zero-order chi connectivity index (χ0) is 14.4. The Morgan fingerprint density at radius 1 is 1.32 bits per heavy atom. The number of phenolic OH excluding ortho intramolecular Hbond substituents is 1. The van der Waals surface area contributed by atoms with Gasteiger partial charge in [0.2, 0.25) is 0 Å². The molecule has 0 spiro atoms. The lowest BCUT2D eigenvalue weighted by molar-refractivity contribution is 0.246. The quantitative estimate of drug-likeness (QED) is 0.798. The Labute approximate surface area is 115 Å². The highest BCUT2D eigenvalue weighted by Gasteiger charge is 2.13. The van der Waals surface area contributed by atoms with Gasteiger partial charge in [-0.2, -0.15) is 0 Å². The van der Waals surface area contributed by atoms with Crippen LogP contribution < -0.4 is 5.32 Å². The van der Waals surface area contributed by atoms with Crippen LogP contribution in [-0.4, -0.2) is 36.7 Å². The van der Waals surface area contributed by atoms with E-state index in [-0.39, 0.29) is 11.6 Å². The minimum Gasteiger partial charge on any atom is -0.508 e. The molecule has 1 aromatic carbocycles.